The topological polar surface area (TPSA) is 32.3 Å². The van der Waals surface area contributed by atoms with Crippen LogP contribution in [0.4, 0.5) is 0 Å². The number of benzene rings is 1. The van der Waals surface area contributed by atoms with E-state index in [4.69, 9.17) is 0 Å². The molecule has 0 saturated heterocycles. The van der Waals surface area contributed by atoms with Gasteiger partial charge in [-0.2, -0.15) is 0 Å². The molecular formula is C19H31NO. The van der Waals surface area contributed by atoms with Gasteiger partial charge in [0.15, 0.2) is 0 Å². The zero-order valence-electron chi connectivity index (χ0n) is 13.6. The van der Waals surface area contributed by atoms with Gasteiger partial charge in [0.2, 0.25) is 0 Å². The van der Waals surface area contributed by atoms with Crippen LogP contribution < -0.4 is 5.32 Å². The number of hydrogen-bond donors (Lipinski definition) is 2. The quantitative estimate of drug-likeness (QED) is 0.773. The average Bonchev–Trinajstić information content (AvgIpc) is 2.53. The first-order chi connectivity index (χ1) is 10.2. The molecule has 3 unspecified atom stereocenters. The molecule has 1 aliphatic rings. The first-order valence-electron chi connectivity index (χ1n) is 8.74. The van der Waals surface area contributed by atoms with Gasteiger partial charge in [-0.3, -0.25) is 0 Å². The number of nitrogens with one attached hydrogen (secondary N) is 1. The first-order valence-corrected chi connectivity index (χ1v) is 8.74. The fourth-order valence-electron chi connectivity index (χ4n) is 3.69. The van der Waals surface area contributed by atoms with E-state index in [-0.39, 0.29) is 0 Å². The highest BCUT2D eigenvalue weighted by Gasteiger charge is 2.27. The van der Waals surface area contributed by atoms with Gasteiger partial charge in [-0.1, -0.05) is 45.2 Å². The van der Waals surface area contributed by atoms with Crippen LogP contribution in [0.1, 0.15) is 57.9 Å². The van der Waals surface area contributed by atoms with Crippen LogP contribution in [0.25, 0.3) is 0 Å². The molecule has 2 N–H and O–H groups in total. The zero-order chi connectivity index (χ0) is 15.1. The minimum Gasteiger partial charge on any atom is -0.508 e. The van der Waals surface area contributed by atoms with E-state index in [2.05, 4.69) is 31.3 Å². The minimum atomic E-state index is 0.362. The van der Waals surface area contributed by atoms with Gasteiger partial charge in [-0.15, -0.1) is 0 Å². The molecule has 0 bridgehead atoms. The highest BCUT2D eigenvalue weighted by atomic mass is 16.3. The van der Waals surface area contributed by atoms with E-state index >= 15 is 0 Å². The van der Waals surface area contributed by atoms with Gasteiger partial charge in [-0.05, 0) is 61.8 Å². The lowest BCUT2D eigenvalue weighted by atomic mass is 9.75. The third-order valence-corrected chi connectivity index (χ3v) is 5.02. The van der Waals surface area contributed by atoms with Crippen molar-refractivity contribution in [3.8, 4) is 5.75 Å². The lowest BCUT2D eigenvalue weighted by molar-refractivity contribution is 0.207. The summed E-state index contributed by atoms with van der Waals surface area (Å²) < 4.78 is 0. The molecule has 1 aliphatic carbocycles. The van der Waals surface area contributed by atoms with Crippen molar-refractivity contribution in [1.29, 1.82) is 0 Å². The highest BCUT2D eigenvalue weighted by Crippen LogP contribution is 2.34. The molecule has 1 saturated carbocycles. The van der Waals surface area contributed by atoms with Crippen LogP contribution in [0.3, 0.4) is 0 Å². The number of phenols is 1. The molecule has 0 heterocycles. The van der Waals surface area contributed by atoms with E-state index < -0.39 is 0 Å². The Kier molecular flexibility index (Phi) is 6.56. The van der Waals surface area contributed by atoms with Crippen molar-refractivity contribution >= 4 is 0 Å². The largest absolute Gasteiger partial charge is 0.508 e. The predicted molar refractivity (Wildman–Crippen MR) is 89.6 cm³/mol. The van der Waals surface area contributed by atoms with Crippen molar-refractivity contribution < 1.29 is 5.11 Å². The maximum atomic E-state index is 9.43. The van der Waals surface area contributed by atoms with E-state index in [0.29, 0.717) is 11.8 Å². The number of hydrogen-bond acceptors (Lipinski definition) is 2. The van der Waals surface area contributed by atoms with E-state index in [0.717, 1.165) is 24.8 Å². The predicted octanol–water partition coefficient (Wildman–Crippen LogP) is 4.52. The van der Waals surface area contributed by atoms with Gasteiger partial charge in [0.1, 0.15) is 5.75 Å². The van der Waals surface area contributed by atoms with Crippen LogP contribution in [0, 0.1) is 11.8 Å². The fraction of sp³-hybridized carbons (Fsp3) is 0.684. The van der Waals surface area contributed by atoms with Gasteiger partial charge >= 0.3 is 0 Å². The van der Waals surface area contributed by atoms with Gasteiger partial charge < -0.3 is 10.4 Å². The standard InChI is InChI=1S/C19H31NO/c1-3-12-20-19(14-16-8-10-18(21)11-9-16)17-7-5-6-15(4-2)13-17/h8-11,15,17,19-21H,3-7,12-14H2,1-2H3. The molecule has 21 heavy (non-hydrogen) atoms. The molecule has 2 heteroatoms. The van der Waals surface area contributed by atoms with Gasteiger partial charge in [-0.25, -0.2) is 0 Å². The van der Waals surface area contributed by atoms with Crippen molar-refractivity contribution in [3.63, 3.8) is 0 Å². The van der Waals surface area contributed by atoms with Crippen LogP contribution in [-0.4, -0.2) is 17.7 Å². The van der Waals surface area contributed by atoms with E-state index in [1.54, 1.807) is 0 Å². The summed E-state index contributed by atoms with van der Waals surface area (Å²) >= 11 is 0. The lowest BCUT2D eigenvalue weighted by Crippen LogP contribution is -2.40. The molecule has 3 atom stereocenters. The molecule has 0 aromatic heterocycles. The summed E-state index contributed by atoms with van der Waals surface area (Å²) in [7, 11) is 0. The van der Waals surface area contributed by atoms with E-state index in [9.17, 15) is 5.11 Å². The van der Waals surface area contributed by atoms with Gasteiger partial charge in [0.05, 0.1) is 0 Å². The van der Waals surface area contributed by atoms with Crippen LogP contribution in [-0.2, 0) is 6.42 Å². The monoisotopic (exact) mass is 289 g/mol. The third-order valence-electron chi connectivity index (χ3n) is 5.02. The molecule has 0 radical (unpaired) electrons. The lowest BCUT2D eigenvalue weighted by Gasteiger charge is -2.35. The maximum absolute atomic E-state index is 9.43. The Bertz CT molecular complexity index is 401. The van der Waals surface area contributed by atoms with Crippen LogP contribution in [0.15, 0.2) is 24.3 Å². The fourth-order valence-corrected chi connectivity index (χ4v) is 3.69. The molecule has 0 amide bonds. The normalized spacial score (nSPS) is 23.9. The first kappa shape index (κ1) is 16.4. The van der Waals surface area contributed by atoms with Crippen molar-refractivity contribution in [2.24, 2.45) is 11.8 Å². The molecule has 118 valence electrons. The number of aromatic hydroxyl groups is 1. The molecule has 2 rings (SSSR count). The summed E-state index contributed by atoms with van der Waals surface area (Å²) in [5.41, 5.74) is 1.33. The third kappa shape index (κ3) is 5.03. The molecule has 0 spiro atoms. The summed E-state index contributed by atoms with van der Waals surface area (Å²) in [5, 5.41) is 13.2. The van der Waals surface area contributed by atoms with Crippen molar-refractivity contribution in [2.45, 2.75) is 64.8 Å². The second-order valence-electron chi connectivity index (χ2n) is 6.63. The Balaban J connectivity index is 2.00. The number of rotatable bonds is 7. The van der Waals surface area contributed by atoms with Crippen molar-refractivity contribution in [2.75, 3.05) is 6.54 Å². The summed E-state index contributed by atoms with van der Waals surface area (Å²) in [4.78, 5) is 0. The average molecular weight is 289 g/mol. The zero-order valence-corrected chi connectivity index (χ0v) is 13.6. The Morgan fingerprint density at radius 1 is 1.19 bits per heavy atom. The second kappa shape index (κ2) is 8.43. The van der Waals surface area contributed by atoms with Gasteiger partial charge in [0, 0.05) is 6.04 Å². The maximum Gasteiger partial charge on any atom is 0.115 e. The van der Waals surface area contributed by atoms with Crippen LogP contribution in [0.2, 0.25) is 0 Å². The molecule has 1 aromatic carbocycles. The summed E-state index contributed by atoms with van der Waals surface area (Å²) in [6.45, 7) is 5.68. The van der Waals surface area contributed by atoms with E-state index in [1.807, 2.05) is 12.1 Å². The molecule has 2 nitrogen and oxygen atoms in total. The molecule has 1 aromatic rings. The number of phenolic OH excluding ortho intramolecular Hbond substituents is 1. The molecule has 1 fully saturated rings. The molecular weight excluding hydrogens is 258 g/mol. The smallest absolute Gasteiger partial charge is 0.115 e. The summed E-state index contributed by atoms with van der Waals surface area (Å²) in [6, 6.07) is 8.33. The Morgan fingerprint density at radius 3 is 2.62 bits per heavy atom. The van der Waals surface area contributed by atoms with Crippen molar-refractivity contribution in [3.05, 3.63) is 29.8 Å². The minimum absolute atomic E-state index is 0.362. The SMILES string of the molecule is CCCNC(Cc1ccc(O)cc1)C1CCCC(CC)C1. The van der Waals surface area contributed by atoms with Crippen molar-refractivity contribution in [1.82, 2.24) is 5.32 Å². The van der Waals surface area contributed by atoms with E-state index in [1.165, 1.54) is 44.1 Å². The Morgan fingerprint density at radius 2 is 1.95 bits per heavy atom. The summed E-state index contributed by atoms with van der Waals surface area (Å²) in [5.74, 6) is 2.10. The summed E-state index contributed by atoms with van der Waals surface area (Å²) in [6.07, 6.45) is 9.18. The van der Waals surface area contributed by atoms with Crippen LogP contribution in [0.5, 0.6) is 5.75 Å². The highest BCUT2D eigenvalue weighted by molar-refractivity contribution is 5.26. The molecule has 0 aliphatic heterocycles. The Hall–Kier alpha value is -1.02. The van der Waals surface area contributed by atoms with Gasteiger partial charge in [0.25, 0.3) is 0 Å². The van der Waals surface area contributed by atoms with Crippen LogP contribution >= 0.6 is 0 Å². The Labute approximate surface area is 130 Å². The second-order valence-corrected chi connectivity index (χ2v) is 6.63.